The third kappa shape index (κ3) is 7.52. The summed E-state index contributed by atoms with van der Waals surface area (Å²) in [6.07, 6.45) is 1.61. The Morgan fingerprint density at radius 2 is 1.82 bits per heavy atom. The number of esters is 1. The Morgan fingerprint density at radius 3 is 2.53 bits per heavy atom. The summed E-state index contributed by atoms with van der Waals surface area (Å²) in [5.41, 5.74) is 2.24. The van der Waals surface area contributed by atoms with Crippen LogP contribution in [0.3, 0.4) is 0 Å². The van der Waals surface area contributed by atoms with Gasteiger partial charge in [0.25, 0.3) is 11.2 Å². The molecule has 0 bridgehead atoms. The van der Waals surface area contributed by atoms with Crippen molar-refractivity contribution in [2.75, 3.05) is 13.7 Å². The van der Waals surface area contributed by atoms with Gasteiger partial charge in [-0.25, -0.2) is 9.79 Å². The number of hydrogen-bond donors (Lipinski definition) is 0. The number of methoxy groups -OCH3 is 1. The van der Waals surface area contributed by atoms with E-state index in [-0.39, 0.29) is 22.4 Å². The van der Waals surface area contributed by atoms with Crippen molar-refractivity contribution in [1.29, 1.82) is 0 Å². The summed E-state index contributed by atoms with van der Waals surface area (Å²) >= 11 is 12.2. The van der Waals surface area contributed by atoms with Crippen LogP contribution in [0.2, 0.25) is 5.02 Å². The normalized spacial score (nSPS) is 14.1. The van der Waals surface area contributed by atoms with E-state index in [9.17, 15) is 19.7 Å². The first-order chi connectivity index (χ1) is 26.6. The second-order valence-corrected chi connectivity index (χ2v) is 15.3. The standard InChI is InChI=1S/C39H30BrClN6O6S2/c1-4-45-35(23-12-9-13-26(41)18-23)43-44-39(45)54-30-17-15-27(47(50)51)19-24(30)20-31-36(48)46-34(28-21-25(40)14-16-29(28)52-3)32(37(49)53-5-2)33(42-38(46)55-31)22-10-7-6-8-11-22/h6-21,34H,4-5H2,1-3H3/b31-20-/t34-/m0/s1. The third-order valence-electron chi connectivity index (χ3n) is 8.67. The molecule has 0 radical (unpaired) electrons. The largest absolute Gasteiger partial charge is 0.496 e. The molecule has 0 saturated heterocycles. The SMILES string of the molecule is CCOC(=O)C1=C(c2ccccc2)N=c2s/c(=C\c3cc([N+](=O)[O-])ccc3Sc3nnc(-c4cccc(Cl)c4)n3CC)c(=O)n2[C@H]1c1cc(Br)ccc1OC. The molecule has 278 valence electrons. The molecule has 6 aromatic rings. The molecule has 12 nitrogen and oxygen atoms in total. The van der Waals surface area contributed by atoms with Crippen LogP contribution in [0.15, 0.2) is 121 Å². The van der Waals surface area contributed by atoms with E-state index in [1.54, 1.807) is 49.4 Å². The number of ether oxygens (including phenoxy) is 2. The summed E-state index contributed by atoms with van der Waals surface area (Å²) in [4.78, 5) is 46.0. The highest BCUT2D eigenvalue weighted by atomic mass is 79.9. The molecule has 1 aliphatic rings. The summed E-state index contributed by atoms with van der Waals surface area (Å²) in [6, 6.07) is 25.3. The van der Waals surface area contributed by atoms with Crippen molar-refractivity contribution in [2.45, 2.75) is 36.5 Å². The van der Waals surface area contributed by atoms with E-state index in [1.165, 1.54) is 35.6 Å². The predicted octanol–water partition coefficient (Wildman–Crippen LogP) is 7.70. The summed E-state index contributed by atoms with van der Waals surface area (Å²) < 4.78 is 15.7. The lowest BCUT2D eigenvalue weighted by Crippen LogP contribution is -2.40. The number of rotatable bonds is 11. The van der Waals surface area contributed by atoms with E-state index in [1.807, 2.05) is 54.0 Å². The molecule has 0 saturated carbocycles. The van der Waals surface area contributed by atoms with Gasteiger partial charge in [-0.2, -0.15) is 0 Å². The molecule has 0 spiro atoms. The van der Waals surface area contributed by atoms with Crippen molar-refractivity contribution in [2.24, 2.45) is 4.99 Å². The maximum Gasteiger partial charge on any atom is 0.338 e. The number of carbonyl (C=O) groups excluding carboxylic acids is 1. The molecular formula is C39H30BrClN6O6S2. The molecule has 0 unspecified atom stereocenters. The molecule has 0 fully saturated rings. The van der Waals surface area contributed by atoms with Gasteiger partial charge in [0.05, 0.1) is 34.4 Å². The number of halogens is 2. The van der Waals surface area contributed by atoms with Crippen LogP contribution in [-0.2, 0) is 16.1 Å². The number of nitro groups is 1. The van der Waals surface area contributed by atoms with Crippen molar-refractivity contribution in [1.82, 2.24) is 19.3 Å². The molecule has 16 heteroatoms. The molecule has 4 aromatic carbocycles. The maximum absolute atomic E-state index is 14.7. The zero-order valence-electron chi connectivity index (χ0n) is 29.4. The molecule has 55 heavy (non-hydrogen) atoms. The first-order valence-electron chi connectivity index (χ1n) is 16.9. The average molecular weight is 858 g/mol. The van der Waals surface area contributed by atoms with Gasteiger partial charge in [-0.15, -0.1) is 10.2 Å². The van der Waals surface area contributed by atoms with E-state index in [0.29, 0.717) is 64.9 Å². The summed E-state index contributed by atoms with van der Waals surface area (Å²) in [6.45, 7) is 4.30. The van der Waals surface area contributed by atoms with Crippen molar-refractivity contribution in [3.8, 4) is 17.1 Å². The van der Waals surface area contributed by atoms with Crippen LogP contribution >= 0.6 is 50.6 Å². The van der Waals surface area contributed by atoms with Gasteiger partial charge in [-0.1, -0.05) is 81.3 Å². The van der Waals surface area contributed by atoms with Crippen molar-refractivity contribution in [3.63, 3.8) is 0 Å². The zero-order valence-corrected chi connectivity index (χ0v) is 33.4. The van der Waals surface area contributed by atoms with E-state index < -0.39 is 22.5 Å². The Morgan fingerprint density at radius 1 is 1.04 bits per heavy atom. The minimum absolute atomic E-state index is 0.0940. The van der Waals surface area contributed by atoms with E-state index in [2.05, 4.69) is 26.1 Å². The Bertz CT molecular complexity index is 2690. The lowest BCUT2D eigenvalue weighted by atomic mass is 9.92. The van der Waals surface area contributed by atoms with Crippen LogP contribution in [0.25, 0.3) is 23.2 Å². The highest BCUT2D eigenvalue weighted by molar-refractivity contribution is 9.10. The van der Waals surface area contributed by atoms with E-state index in [0.717, 1.165) is 16.9 Å². The Hall–Kier alpha value is -5.35. The summed E-state index contributed by atoms with van der Waals surface area (Å²) in [5, 5.41) is 22.0. The Balaban J connectivity index is 1.45. The predicted molar refractivity (Wildman–Crippen MR) is 215 cm³/mol. The van der Waals surface area contributed by atoms with Crippen LogP contribution in [0.4, 0.5) is 5.69 Å². The smallest absolute Gasteiger partial charge is 0.338 e. The van der Waals surface area contributed by atoms with Crippen LogP contribution in [0.1, 0.15) is 36.6 Å². The molecule has 2 aromatic heterocycles. The number of hydrogen-bond acceptors (Lipinski definition) is 11. The topological polar surface area (TPSA) is 144 Å². The van der Waals surface area contributed by atoms with Crippen molar-refractivity contribution < 1.29 is 19.2 Å². The molecular weight excluding hydrogens is 828 g/mol. The van der Waals surface area contributed by atoms with Gasteiger partial charge in [-0.3, -0.25) is 19.5 Å². The highest BCUT2D eigenvalue weighted by Crippen LogP contribution is 2.40. The molecule has 1 aliphatic heterocycles. The van der Waals surface area contributed by atoms with Gasteiger partial charge in [-0.05, 0) is 73.6 Å². The lowest BCUT2D eigenvalue weighted by molar-refractivity contribution is -0.384. The number of thiazole rings is 1. The number of non-ortho nitro benzene ring substituents is 1. The number of fused-ring (bicyclic) bond motifs is 1. The Labute approximate surface area is 335 Å². The number of benzene rings is 4. The summed E-state index contributed by atoms with van der Waals surface area (Å²) in [7, 11) is 1.51. The highest BCUT2D eigenvalue weighted by Gasteiger charge is 2.37. The zero-order chi connectivity index (χ0) is 38.8. The third-order valence-corrected chi connectivity index (χ3v) is 11.5. The number of nitrogens with zero attached hydrogens (tertiary/aromatic N) is 6. The van der Waals surface area contributed by atoms with E-state index >= 15 is 0 Å². The van der Waals surface area contributed by atoms with Crippen LogP contribution in [-0.4, -0.2) is 43.9 Å². The van der Waals surface area contributed by atoms with Gasteiger partial charge in [0, 0.05) is 49.8 Å². The molecule has 3 heterocycles. The number of carbonyl (C=O) groups is 1. The van der Waals surface area contributed by atoms with E-state index in [4.69, 9.17) is 26.1 Å². The lowest BCUT2D eigenvalue weighted by Gasteiger charge is -2.27. The van der Waals surface area contributed by atoms with Gasteiger partial charge < -0.3 is 14.0 Å². The van der Waals surface area contributed by atoms with Crippen LogP contribution < -0.4 is 19.6 Å². The number of aromatic nitrogens is 4. The molecule has 1 atom stereocenters. The second-order valence-electron chi connectivity index (χ2n) is 12.0. The minimum atomic E-state index is -1.01. The van der Waals surface area contributed by atoms with Crippen molar-refractivity contribution in [3.05, 3.63) is 153 Å². The monoisotopic (exact) mass is 856 g/mol. The Kier molecular flexibility index (Phi) is 11.2. The molecule has 0 aliphatic carbocycles. The van der Waals surface area contributed by atoms with Gasteiger partial charge in [0.15, 0.2) is 15.8 Å². The number of nitro benzene ring substituents is 1. The van der Waals surface area contributed by atoms with Crippen LogP contribution in [0.5, 0.6) is 5.75 Å². The summed E-state index contributed by atoms with van der Waals surface area (Å²) in [5.74, 6) is 0.410. The molecule has 0 N–H and O–H groups in total. The molecule has 0 amide bonds. The van der Waals surface area contributed by atoms with Crippen LogP contribution in [0, 0.1) is 10.1 Å². The quantitative estimate of drug-likeness (QED) is 0.0728. The fourth-order valence-corrected chi connectivity index (χ4v) is 8.78. The maximum atomic E-state index is 14.7. The van der Waals surface area contributed by atoms with Gasteiger partial charge in [0.2, 0.25) is 0 Å². The first kappa shape index (κ1) is 37.9. The second kappa shape index (κ2) is 16.2. The first-order valence-corrected chi connectivity index (χ1v) is 19.7. The average Bonchev–Trinajstić information content (AvgIpc) is 3.74. The van der Waals surface area contributed by atoms with Gasteiger partial charge in [0.1, 0.15) is 11.8 Å². The van der Waals surface area contributed by atoms with Crippen molar-refractivity contribution >= 4 is 74.1 Å². The fraction of sp³-hybridized carbons (Fsp3) is 0.154. The van der Waals surface area contributed by atoms with Gasteiger partial charge >= 0.3 is 5.97 Å². The molecule has 7 rings (SSSR count). The minimum Gasteiger partial charge on any atom is -0.496 e. The fourth-order valence-electron chi connectivity index (χ4n) is 6.24.